The molecule has 1 heterocycles. The van der Waals surface area contributed by atoms with Gasteiger partial charge in [0.05, 0.1) is 25.0 Å². The van der Waals surface area contributed by atoms with Gasteiger partial charge < -0.3 is 9.47 Å². The highest BCUT2D eigenvalue weighted by Gasteiger charge is 2.54. The van der Waals surface area contributed by atoms with E-state index in [0.717, 1.165) is 6.26 Å². The lowest BCUT2D eigenvalue weighted by molar-refractivity contribution is -0.142. The van der Waals surface area contributed by atoms with Crippen LogP contribution in [0, 0.1) is 17.8 Å². The summed E-state index contributed by atoms with van der Waals surface area (Å²) in [4.78, 5) is 26.0. The van der Waals surface area contributed by atoms with Gasteiger partial charge in [0.2, 0.25) is 11.8 Å². The summed E-state index contributed by atoms with van der Waals surface area (Å²) >= 11 is 0. The monoisotopic (exact) mass is 497 g/mol. The van der Waals surface area contributed by atoms with Crippen molar-refractivity contribution in [2.75, 3.05) is 19.5 Å². The predicted octanol–water partition coefficient (Wildman–Crippen LogP) is 1.41. The van der Waals surface area contributed by atoms with Crippen LogP contribution in [0.15, 0.2) is 36.4 Å². The lowest BCUT2D eigenvalue weighted by atomic mass is 9.73. The Morgan fingerprint density at radius 2 is 1.82 bits per heavy atom. The summed E-state index contributed by atoms with van der Waals surface area (Å²) in [6.07, 6.45) is 3.63. The first kappa shape index (κ1) is 27.9. The summed E-state index contributed by atoms with van der Waals surface area (Å²) in [5.74, 6) is 1.02. The molecule has 1 aromatic rings. The van der Waals surface area contributed by atoms with Crippen molar-refractivity contribution >= 4 is 27.7 Å². The number of ether oxygens (including phenoxy) is 2. The number of hydroxylamine groups is 1. The van der Waals surface area contributed by atoms with Crippen LogP contribution in [0.5, 0.6) is 0 Å². The Hall–Kier alpha value is -2.31. The van der Waals surface area contributed by atoms with Crippen LogP contribution in [0.3, 0.4) is 0 Å². The molecule has 3 atom stereocenters. The van der Waals surface area contributed by atoms with Crippen LogP contribution < -0.4 is 16.7 Å². The van der Waals surface area contributed by atoms with Crippen molar-refractivity contribution in [3.05, 3.63) is 42.0 Å². The van der Waals surface area contributed by atoms with E-state index in [9.17, 15) is 23.2 Å². The molecule has 5 N–H and O–H groups in total. The van der Waals surface area contributed by atoms with Crippen molar-refractivity contribution in [2.24, 2.45) is 23.6 Å². The van der Waals surface area contributed by atoms with Gasteiger partial charge in [-0.2, -0.15) is 0 Å². The van der Waals surface area contributed by atoms with Crippen LogP contribution in [0.25, 0.3) is 6.08 Å². The zero-order valence-electron chi connectivity index (χ0n) is 19.8. The third-order valence-corrected chi connectivity index (χ3v) is 8.01. The molecule has 11 heteroatoms. The van der Waals surface area contributed by atoms with E-state index in [2.05, 4.69) is 5.43 Å². The van der Waals surface area contributed by atoms with Gasteiger partial charge in [-0.3, -0.25) is 20.2 Å². The highest BCUT2D eigenvalue weighted by atomic mass is 32.2. The van der Waals surface area contributed by atoms with E-state index in [-0.39, 0.29) is 25.2 Å². The maximum atomic E-state index is 13.5. The molecular weight excluding hydrogens is 462 g/mol. The van der Waals surface area contributed by atoms with Gasteiger partial charge in [0, 0.05) is 12.7 Å². The number of carbonyl (C=O) groups excluding carboxylic acids is 2. The largest absolute Gasteiger partial charge is 0.350 e. The van der Waals surface area contributed by atoms with Crippen molar-refractivity contribution in [1.82, 2.24) is 10.9 Å². The van der Waals surface area contributed by atoms with Gasteiger partial charge in [0.1, 0.15) is 4.75 Å². The summed E-state index contributed by atoms with van der Waals surface area (Å²) in [6.45, 7) is 4.44. The van der Waals surface area contributed by atoms with Crippen LogP contribution in [0.4, 0.5) is 0 Å². The maximum absolute atomic E-state index is 13.5. The fourth-order valence-electron chi connectivity index (χ4n) is 4.43. The van der Waals surface area contributed by atoms with E-state index < -0.39 is 44.5 Å². The Balaban J connectivity index is 2.72. The first-order valence-corrected chi connectivity index (χ1v) is 13.1. The Morgan fingerprint density at radius 3 is 2.32 bits per heavy atom. The number of hydrogen-bond donors (Lipinski definition) is 4. The molecule has 0 radical (unpaired) electrons. The molecule has 2 rings (SSSR count). The summed E-state index contributed by atoms with van der Waals surface area (Å²) in [6, 6.07) is 8.98. The number of hydrogen-bond acceptors (Lipinski definition) is 8. The van der Waals surface area contributed by atoms with Crippen LogP contribution in [-0.2, 0) is 28.9 Å². The van der Waals surface area contributed by atoms with Gasteiger partial charge in [0.15, 0.2) is 16.1 Å². The molecule has 1 unspecified atom stereocenters. The number of nitrogens with two attached hydrogens (primary N) is 1. The molecule has 34 heavy (non-hydrogen) atoms. The van der Waals surface area contributed by atoms with Crippen molar-refractivity contribution in [3.63, 3.8) is 0 Å². The number of hydrazine groups is 1. The van der Waals surface area contributed by atoms with Gasteiger partial charge in [-0.25, -0.2) is 19.7 Å². The zero-order valence-corrected chi connectivity index (χ0v) is 20.6. The number of amides is 2. The highest BCUT2D eigenvalue weighted by Crippen LogP contribution is 2.41. The van der Waals surface area contributed by atoms with Crippen molar-refractivity contribution < 1.29 is 32.7 Å². The van der Waals surface area contributed by atoms with Crippen LogP contribution in [0.2, 0.25) is 0 Å². The molecule has 1 aromatic carbocycles. The fraction of sp³-hybridized carbons (Fsp3) is 0.565. The average molecular weight is 498 g/mol. The molecule has 0 aromatic heterocycles. The Labute approximate surface area is 200 Å². The maximum Gasteiger partial charge on any atom is 0.249 e. The van der Waals surface area contributed by atoms with E-state index in [1.54, 1.807) is 35.8 Å². The van der Waals surface area contributed by atoms with E-state index >= 15 is 0 Å². The summed E-state index contributed by atoms with van der Waals surface area (Å²) in [5, 5.41) is 9.61. The topological polar surface area (TPSA) is 157 Å². The normalized spacial score (nSPS) is 18.5. The van der Waals surface area contributed by atoms with Gasteiger partial charge in [0.25, 0.3) is 0 Å². The number of benzene rings is 1. The van der Waals surface area contributed by atoms with Gasteiger partial charge in [-0.05, 0) is 24.3 Å². The molecule has 0 saturated carbocycles. The molecule has 1 aliphatic rings. The van der Waals surface area contributed by atoms with Crippen molar-refractivity contribution in [3.8, 4) is 0 Å². The SMILES string of the molecule is CC(C)C[C@@H](C(=O)NN)[C@@H](C(=O)NO)C(/C=C/c1ccccc1)(CCC1OCCO1)S(C)(=O)=O. The molecule has 0 aliphatic carbocycles. The minimum Gasteiger partial charge on any atom is -0.350 e. The first-order valence-electron chi connectivity index (χ1n) is 11.2. The van der Waals surface area contributed by atoms with E-state index in [1.165, 1.54) is 6.08 Å². The fourth-order valence-corrected chi connectivity index (χ4v) is 5.96. The highest BCUT2D eigenvalue weighted by molar-refractivity contribution is 7.92. The van der Waals surface area contributed by atoms with Gasteiger partial charge in [-0.15, -0.1) is 0 Å². The third-order valence-electron chi connectivity index (χ3n) is 6.04. The molecule has 0 bridgehead atoms. The molecule has 10 nitrogen and oxygen atoms in total. The van der Waals surface area contributed by atoms with Gasteiger partial charge in [-0.1, -0.05) is 56.3 Å². The number of sulfone groups is 1. The summed E-state index contributed by atoms with van der Waals surface area (Å²) in [5.41, 5.74) is 4.34. The van der Waals surface area contributed by atoms with E-state index in [1.807, 2.05) is 19.9 Å². The molecule has 0 spiro atoms. The van der Waals surface area contributed by atoms with Crippen LogP contribution >= 0.6 is 0 Å². The Morgan fingerprint density at radius 1 is 1.21 bits per heavy atom. The smallest absolute Gasteiger partial charge is 0.249 e. The average Bonchev–Trinajstić information content (AvgIpc) is 3.32. The Bertz CT molecular complexity index is 947. The summed E-state index contributed by atoms with van der Waals surface area (Å²) < 4.78 is 36.1. The molecule has 1 aliphatic heterocycles. The predicted molar refractivity (Wildman–Crippen MR) is 127 cm³/mol. The minimum absolute atomic E-state index is 0.0758. The van der Waals surface area contributed by atoms with Crippen LogP contribution in [0.1, 0.15) is 38.7 Å². The summed E-state index contributed by atoms with van der Waals surface area (Å²) in [7, 11) is -4.06. The van der Waals surface area contributed by atoms with Gasteiger partial charge >= 0.3 is 0 Å². The quantitative estimate of drug-likeness (QED) is 0.146. The number of rotatable bonds is 12. The van der Waals surface area contributed by atoms with E-state index in [0.29, 0.717) is 18.8 Å². The second kappa shape index (κ2) is 12.4. The lowest BCUT2D eigenvalue weighted by Crippen LogP contribution is -2.57. The second-order valence-corrected chi connectivity index (χ2v) is 11.2. The molecule has 2 amide bonds. The number of carbonyl (C=O) groups is 2. The molecular formula is C23H35N3O7S. The Kier molecular flexibility index (Phi) is 10.2. The first-order chi connectivity index (χ1) is 16.1. The molecule has 190 valence electrons. The lowest BCUT2D eigenvalue weighted by Gasteiger charge is -2.40. The van der Waals surface area contributed by atoms with E-state index in [4.69, 9.17) is 15.3 Å². The standard InChI is InChI=1S/C23H35N3O7S/c1-16(2)15-18(21(27)25-24)20(22(28)26-29)23(34(3,30)31,12-10-19-32-13-14-33-19)11-9-17-7-5-4-6-8-17/h4-9,11,16,18-20,29H,10,12-15,24H2,1-3H3,(H,25,27)(H,26,28)/b11-9+/t18-,20+,23?/m1/s1. The number of nitrogens with one attached hydrogen (secondary N) is 2. The third kappa shape index (κ3) is 6.86. The molecule has 1 saturated heterocycles. The van der Waals surface area contributed by atoms with Crippen molar-refractivity contribution in [2.45, 2.75) is 44.1 Å². The second-order valence-electron chi connectivity index (χ2n) is 8.88. The minimum atomic E-state index is -4.06. The van der Waals surface area contributed by atoms with Crippen LogP contribution in [-0.4, -0.2) is 55.9 Å². The van der Waals surface area contributed by atoms with Crippen molar-refractivity contribution in [1.29, 1.82) is 0 Å². The zero-order chi connectivity index (χ0) is 25.4. The molecule has 1 fully saturated rings.